The average molecular weight is 427 g/mol. The van der Waals surface area contributed by atoms with Gasteiger partial charge in [-0.15, -0.1) is 0 Å². The largest absolute Gasteiger partial charge is 0.488 e. The molecule has 148 valence electrons. The van der Waals surface area contributed by atoms with Gasteiger partial charge in [-0.3, -0.25) is 4.79 Å². The molecule has 0 bridgehead atoms. The third-order valence-corrected chi connectivity index (χ3v) is 4.87. The highest BCUT2D eigenvalue weighted by atomic mass is 35.5. The number of carbonyl (C=O) groups excluding carboxylic acids is 1. The van der Waals surface area contributed by atoms with Gasteiger partial charge in [0.2, 0.25) is 0 Å². The highest BCUT2D eigenvalue weighted by Gasteiger charge is 2.09. The fourth-order valence-electron chi connectivity index (χ4n) is 2.89. The Bertz CT molecular complexity index is 1030. The lowest BCUT2D eigenvalue weighted by atomic mass is 10.1. The van der Waals surface area contributed by atoms with E-state index in [1.807, 2.05) is 38.1 Å². The Balaban J connectivity index is 1.66. The number of benzene rings is 3. The van der Waals surface area contributed by atoms with Crippen molar-refractivity contribution in [3.05, 3.63) is 98.5 Å². The number of hydrogen-bond donors (Lipinski definition) is 1. The van der Waals surface area contributed by atoms with Crippen molar-refractivity contribution in [2.24, 2.45) is 5.10 Å². The van der Waals surface area contributed by atoms with Crippen molar-refractivity contribution in [3.8, 4) is 5.75 Å². The van der Waals surface area contributed by atoms with Gasteiger partial charge in [0.05, 0.1) is 6.21 Å². The van der Waals surface area contributed by atoms with E-state index in [1.165, 1.54) is 0 Å². The molecule has 0 radical (unpaired) electrons. The molecule has 0 heterocycles. The number of nitrogens with zero attached hydrogens (tertiary/aromatic N) is 1. The van der Waals surface area contributed by atoms with E-state index >= 15 is 0 Å². The molecule has 6 heteroatoms. The maximum atomic E-state index is 12.0. The number of halogens is 2. The first-order chi connectivity index (χ1) is 13.9. The van der Waals surface area contributed by atoms with Crippen molar-refractivity contribution in [1.29, 1.82) is 0 Å². The number of hydrazone groups is 1. The van der Waals surface area contributed by atoms with Gasteiger partial charge in [0.15, 0.2) is 0 Å². The third-order valence-electron chi connectivity index (χ3n) is 4.29. The van der Waals surface area contributed by atoms with Crippen LogP contribution in [0.2, 0.25) is 10.0 Å². The Morgan fingerprint density at radius 1 is 1.03 bits per heavy atom. The van der Waals surface area contributed by atoms with Gasteiger partial charge in [-0.05, 0) is 66.9 Å². The number of hydrogen-bond acceptors (Lipinski definition) is 3. The average Bonchev–Trinajstić information content (AvgIpc) is 2.69. The Morgan fingerprint density at radius 2 is 1.72 bits per heavy atom. The first-order valence-electron chi connectivity index (χ1n) is 9.00. The zero-order chi connectivity index (χ0) is 20.8. The van der Waals surface area contributed by atoms with Crippen LogP contribution in [0.25, 0.3) is 0 Å². The van der Waals surface area contributed by atoms with Crippen LogP contribution in [0.1, 0.15) is 32.6 Å². The van der Waals surface area contributed by atoms with Gasteiger partial charge in [0.25, 0.3) is 5.91 Å². The minimum atomic E-state index is -0.255. The molecule has 0 unspecified atom stereocenters. The molecule has 0 fully saturated rings. The van der Waals surface area contributed by atoms with E-state index in [-0.39, 0.29) is 5.91 Å². The van der Waals surface area contributed by atoms with Crippen LogP contribution >= 0.6 is 23.2 Å². The molecule has 0 aliphatic rings. The van der Waals surface area contributed by atoms with E-state index in [9.17, 15) is 4.79 Å². The van der Waals surface area contributed by atoms with E-state index in [2.05, 4.69) is 10.5 Å². The quantitative estimate of drug-likeness (QED) is 0.390. The predicted molar refractivity (Wildman–Crippen MR) is 118 cm³/mol. The molecule has 3 rings (SSSR count). The number of aryl methyl sites for hydroxylation is 2. The van der Waals surface area contributed by atoms with Crippen LogP contribution in [0.3, 0.4) is 0 Å². The molecular weight excluding hydrogens is 407 g/mol. The van der Waals surface area contributed by atoms with Crippen LogP contribution in [0.4, 0.5) is 0 Å². The summed E-state index contributed by atoms with van der Waals surface area (Å²) in [6, 6.07) is 18.2. The number of carbonyl (C=O) groups is 1. The molecule has 3 aromatic rings. The summed E-state index contributed by atoms with van der Waals surface area (Å²) in [5.41, 5.74) is 6.75. The molecule has 0 saturated carbocycles. The fourth-order valence-corrected chi connectivity index (χ4v) is 3.36. The summed E-state index contributed by atoms with van der Waals surface area (Å²) in [6.07, 6.45) is 1.61. The second-order valence-corrected chi connectivity index (χ2v) is 7.42. The standard InChI is InChI=1S/C23H20Cl2N2O2/c1-15-10-17(13-26-27-23(28)18-6-4-3-5-7-18)11-16(2)22(15)29-14-19-8-9-20(24)12-21(19)25/h3-13H,14H2,1-2H3,(H,27,28)/b26-13-. The summed E-state index contributed by atoms with van der Waals surface area (Å²) in [5.74, 6) is 0.538. The summed E-state index contributed by atoms with van der Waals surface area (Å²) in [6.45, 7) is 4.27. The smallest absolute Gasteiger partial charge is 0.271 e. The van der Waals surface area contributed by atoms with Crippen molar-refractivity contribution in [2.45, 2.75) is 20.5 Å². The molecule has 0 aromatic heterocycles. The van der Waals surface area contributed by atoms with E-state index in [0.29, 0.717) is 22.2 Å². The Kier molecular flexibility index (Phi) is 6.91. The van der Waals surface area contributed by atoms with Crippen LogP contribution < -0.4 is 10.2 Å². The van der Waals surface area contributed by atoms with Crippen molar-refractivity contribution in [3.63, 3.8) is 0 Å². The summed E-state index contributed by atoms with van der Waals surface area (Å²) in [4.78, 5) is 12.0. The zero-order valence-corrected chi connectivity index (χ0v) is 17.6. The normalized spacial score (nSPS) is 10.9. The lowest BCUT2D eigenvalue weighted by molar-refractivity contribution is 0.0955. The topological polar surface area (TPSA) is 50.7 Å². The Hall–Kier alpha value is -2.82. The molecule has 1 N–H and O–H groups in total. The van der Waals surface area contributed by atoms with Gasteiger partial charge in [0, 0.05) is 21.2 Å². The zero-order valence-electron chi connectivity index (χ0n) is 16.1. The number of ether oxygens (including phenoxy) is 1. The van der Waals surface area contributed by atoms with Crippen molar-refractivity contribution in [1.82, 2.24) is 5.43 Å². The van der Waals surface area contributed by atoms with Crippen molar-refractivity contribution < 1.29 is 9.53 Å². The SMILES string of the molecule is Cc1cc(/C=N\NC(=O)c2ccccc2)cc(C)c1OCc1ccc(Cl)cc1Cl. The van der Waals surface area contributed by atoms with E-state index in [4.69, 9.17) is 27.9 Å². The maximum Gasteiger partial charge on any atom is 0.271 e. The van der Waals surface area contributed by atoms with Crippen LogP contribution in [-0.4, -0.2) is 12.1 Å². The molecule has 29 heavy (non-hydrogen) atoms. The van der Waals surface area contributed by atoms with Gasteiger partial charge in [-0.1, -0.05) is 47.5 Å². The van der Waals surface area contributed by atoms with Gasteiger partial charge < -0.3 is 4.74 Å². The minimum Gasteiger partial charge on any atom is -0.488 e. The second kappa shape index (κ2) is 9.59. The van der Waals surface area contributed by atoms with Gasteiger partial charge in [-0.25, -0.2) is 5.43 Å². The van der Waals surface area contributed by atoms with Crippen molar-refractivity contribution >= 4 is 35.3 Å². The van der Waals surface area contributed by atoms with Crippen molar-refractivity contribution in [2.75, 3.05) is 0 Å². The molecule has 0 atom stereocenters. The number of amides is 1. The first kappa shape index (κ1) is 20.9. The van der Waals surface area contributed by atoms with E-state index < -0.39 is 0 Å². The molecular formula is C23H20Cl2N2O2. The lowest BCUT2D eigenvalue weighted by Gasteiger charge is -2.14. The molecule has 3 aromatic carbocycles. The lowest BCUT2D eigenvalue weighted by Crippen LogP contribution is -2.17. The Labute approximate surface area is 180 Å². The number of nitrogens with one attached hydrogen (secondary N) is 1. The molecule has 0 saturated heterocycles. The molecule has 0 aliphatic carbocycles. The van der Waals surface area contributed by atoms with E-state index in [1.54, 1.807) is 42.6 Å². The van der Waals surface area contributed by atoms with Crippen LogP contribution in [0.5, 0.6) is 5.75 Å². The predicted octanol–water partition coefficient (Wildman–Crippen LogP) is 5.95. The molecule has 0 spiro atoms. The molecule has 0 aliphatic heterocycles. The van der Waals surface area contributed by atoms with Gasteiger partial charge in [0.1, 0.15) is 12.4 Å². The van der Waals surface area contributed by atoms with Crippen LogP contribution in [0, 0.1) is 13.8 Å². The van der Waals surface area contributed by atoms with Gasteiger partial charge >= 0.3 is 0 Å². The van der Waals surface area contributed by atoms with Crippen LogP contribution in [-0.2, 0) is 6.61 Å². The highest BCUT2D eigenvalue weighted by molar-refractivity contribution is 6.35. The van der Waals surface area contributed by atoms with E-state index in [0.717, 1.165) is 28.0 Å². The van der Waals surface area contributed by atoms with Crippen LogP contribution in [0.15, 0.2) is 65.8 Å². The molecule has 4 nitrogen and oxygen atoms in total. The summed E-state index contributed by atoms with van der Waals surface area (Å²) >= 11 is 12.1. The third kappa shape index (κ3) is 5.59. The summed E-state index contributed by atoms with van der Waals surface area (Å²) < 4.78 is 5.99. The second-order valence-electron chi connectivity index (χ2n) is 6.57. The fraction of sp³-hybridized carbons (Fsp3) is 0.130. The number of rotatable bonds is 6. The van der Waals surface area contributed by atoms with Gasteiger partial charge in [-0.2, -0.15) is 5.10 Å². The summed E-state index contributed by atoms with van der Waals surface area (Å²) in [5, 5.41) is 5.21. The maximum absolute atomic E-state index is 12.0. The Morgan fingerprint density at radius 3 is 2.38 bits per heavy atom. The first-order valence-corrected chi connectivity index (χ1v) is 9.76. The molecule has 1 amide bonds. The monoisotopic (exact) mass is 426 g/mol. The highest BCUT2D eigenvalue weighted by Crippen LogP contribution is 2.27. The summed E-state index contributed by atoms with van der Waals surface area (Å²) in [7, 11) is 0. The minimum absolute atomic E-state index is 0.255.